The summed E-state index contributed by atoms with van der Waals surface area (Å²) in [5.41, 5.74) is 1.93. The molecule has 5 rings (SSSR count). The average Bonchev–Trinajstić information content (AvgIpc) is 3.41. The highest BCUT2D eigenvalue weighted by Gasteiger charge is 2.33. The molecule has 3 aromatic heterocycles. The first-order valence-electron chi connectivity index (χ1n) is 9.80. The van der Waals surface area contributed by atoms with Gasteiger partial charge in [-0.05, 0) is 36.4 Å². The lowest BCUT2D eigenvalue weighted by molar-refractivity contribution is 0.103. The van der Waals surface area contributed by atoms with E-state index in [1.165, 1.54) is 17.2 Å². The minimum atomic E-state index is -0.575. The highest BCUT2D eigenvalue weighted by Crippen LogP contribution is 2.27. The molecule has 0 saturated carbocycles. The van der Waals surface area contributed by atoms with E-state index in [0.717, 1.165) is 10.9 Å². The largest absolute Gasteiger partial charge is 0.474 e. The Labute approximate surface area is 182 Å². The number of ether oxygens (including phenoxy) is 2. The van der Waals surface area contributed by atoms with Gasteiger partial charge in [0.1, 0.15) is 18.5 Å². The first kappa shape index (κ1) is 19.5. The van der Waals surface area contributed by atoms with Crippen LogP contribution in [0.25, 0.3) is 16.6 Å². The van der Waals surface area contributed by atoms with Crippen molar-refractivity contribution in [1.29, 1.82) is 5.26 Å². The fourth-order valence-electron chi connectivity index (χ4n) is 3.51. The van der Waals surface area contributed by atoms with Gasteiger partial charge in [0.25, 0.3) is 0 Å². The molecule has 1 aliphatic heterocycles. The number of fused-ring (bicyclic) bond motifs is 1. The Morgan fingerprint density at radius 1 is 1.22 bits per heavy atom. The second-order valence-corrected chi connectivity index (χ2v) is 7.20. The Morgan fingerprint density at radius 2 is 2.12 bits per heavy atom. The lowest BCUT2D eigenvalue weighted by atomic mass is 10.2. The maximum atomic E-state index is 14.9. The SMILES string of the molecule is N#Cc1ccc(OC[C@H]2CN(c3ccc(-n4cc5cccnc5c4)c(F)c3)C(=O)O2)nc1. The van der Waals surface area contributed by atoms with E-state index in [9.17, 15) is 9.18 Å². The first-order chi connectivity index (χ1) is 15.6. The molecule has 1 fully saturated rings. The van der Waals surface area contributed by atoms with Crippen LogP contribution in [-0.4, -0.2) is 39.9 Å². The monoisotopic (exact) mass is 429 g/mol. The molecule has 1 amide bonds. The lowest BCUT2D eigenvalue weighted by Crippen LogP contribution is -2.26. The minimum absolute atomic E-state index is 0.0880. The molecule has 0 unspecified atom stereocenters. The van der Waals surface area contributed by atoms with Crippen molar-refractivity contribution in [3.05, 3.63) is 78.6 Å². The van der Waals surface area contributed by atoms with Gasteiger partial charge in [0.2, 0.25) is 5.88 Å². The van der Waals surface area contributed by atoms with E-state index in [1.54, 1.807) is 47.4 Å². The Kier molecular flexibility index (Phi) is 4.88. The van der Waals surface area contributed by atoms with Gasteiger partial charge in [0, 0.05) is 36.2 Å². The number of hydrogen-bond acceptors (Lipinski definition) is 6. The van der Waals surface area contributed by atoms with Crippen LogP contribution in [-0.2, 0) is 4.74 Å². The van der Waals surface area contributed by atoms with E-state index in [0.29, 0.717) is 22.8 Å². The zero-order chi connectivity index (χ0) is 22.1. The van der Waals surface area contributed by atoms with E-state index < -0.39 is 18.0 Å². The molecular formula is C23H16FN5O3. The number of benzene rings is 1. The average molecular weight is 429 g/mol. The number of anilines is 1. The molecule has 9 heteroatoms. The van der Waals surface area contributed by atoms with Gasteiger partial charge < -0.3 is 14.0 Å². The highest BCUT2D eigenvalue weighted by atomic mass is 19.1. The summed E-state index contributed by atoms with van der Waals surface area (Å²) >= 11 is 0. The molecule has 158 valence electrons. The number of nitriles is 1. The molecular weight excluding hydrogens is 413 g/mol. The van der Waals surface area contributed by atoms with Gasteiger partial charge in [-0.1, -0.05) is 0 Å². The Hall–Kier alpha value is -4.45. The molecule has 1 atom stereocenters. The molecule has 1 aliphatic rings. The number of amides is 1. The topological polar surface area (TPSA) is 93.3 Å². The molecule has 0 bridgehead atoms. The summed E-state index contributed by atoms with van der Waals surface area (Å²) < 4.78 is 27.4. The Bertz CT molecular complexity index is 1310. The van der Waals surface area contributed by atoms with Crippen LogP contribution in [0, 0.1) is 17.1 Å². The standard InChI is InChI=1S/C23H16FN5O3/c24-19-8-17(4-5-21(19)28-11-16-2-1-7-26-20(16)13-28)29-12-18(32-23(29)30)14-31-22-6-3-15(9-25)10-27-22/h1-8,10-11,13,18H,12,14H2/t18-/m1/s1. The maximum Gasteiger partial charge on any atom is 0.414 e. The van der Waals surface area contributed by atoms with E-state index in [2.05, 4.69) is 9.97 Å². The number of cyclic esters (lactones) is 1. The van der Waals surface area contributed by atoms with Gasteiger partial charge in [0.15, 0.2) is 6.10 Å². The molecule has 32 heavy (non-hydrogen) atoms. The number of carbonyl (C=O) groups is 1. The summed E-state index contributed by atoms with van der Waals surface area (Å²) in [7, 11) is 0. The smallest absolute Gasteiger partial charge is 0.414 e. The van der Waals surface area contributed by atoms with Crippen molar-refractivity contribution in [3.8, 4) is 17.6 Å². The van der Waals surface area contributed by atoms with Crippen LogP contribution in [0.1, 0.15) is 5.56 Å². The van der Waals surface area contributed by atoms with Crippen molar-refractivity contribution in [3.63, 3.8) is 0 Å². The van der Waals surface area contributed by atoms with Gasteiger partial charge in [-0.3, -0.25) is 9.88 Å². The Morgan fingerprint density at radius 3 is 2.88 bits per heavy atom. The number of carbonyl (C=O) groups excluding carboxylic acids is 1. The second-order valence-electron chi connectivity index (χ2n) is 7.20. The lowest BCUT2D eigenvalue weighted by Gasteiger charge is -2.14. The molecule has 0 spiro atoms. The van der Waals surface area contributed by atoms with Crippen LogP contribution in [0.2, 0.25) is 0 Å². The van der Waals surface area contributed by atoms with E-state index >= 15 is 0 Å². The third-order valence-electron chi connectivity index (χ3n) is 5.09. The van der Waals surface area contributed by atoms with E-state index in [4.69, 9.17) is 14.7 Å². The zero-order valence-corrected chi connectivity index (χ0v) is 16.7. The van der Waals surface area contributed by atoms with Crippen molar-refractivity contribution in [2.45, 2.75) is 6.10 Å². The molecule has 4 heterocycles. The number of hydrogen-bond donors (Lipinski definition) is 0. The number of halogens is 1. The summed E-state index contributed by atoms with van der Waals surface area (Å²) in [6.45, 7) is 0.301. The minimum Gasteiger partial charge on any atom is -0.474 e. The van der Waals surface area contributed by atoms with Crippen LogP contribution in [0.15, 0.2) is 67.3 Å². The van der Waals surface area contributed by atoms with Gasteiger partial charge >= 0.3 is 6.09 Å². The van der Waals surface area contributed by atoms with Gasteiger partial charge in [0.05, 0.1) is 29.0 Å². The summed E-state index contributed by atoms with van der Waals surface area (Å²) in [6, 6.07) is 13.4. The summed E-state index contributed by atoms with van der Waals surface area (Å²) in [4.78, 5) is 22.0. The van der Waals surface area contributed by atoms with Gasteiger partial charge in [-0.15, -0.1) is 0 Å². The van der Waals surface area contributed by atoms with Crippen molar-refractivity contribution in [1.82, 2.24) is 14.5 Å². The highest BCUT2D eigenvalue weighted by molar-refractivity contribution is 5.90. The number of rotatable bonds is 5. The van der Waals surface area contributed by atoms with Crippen LogP contribution in [0.5, 0.6) is 5.88 Å². The number of pyridine rings is 2. The van der Waals surface area contributed by atoms with Gasteiger partial charge in [-0.2, -0.15) is 5.26 Å². The molecule has 0 radical (unpaired) electrons. The quantitative estimate of drug-likeness (QED) is 0.479. The van der Waals surface area contributed by atoms with Crippen molar-refractivity contribution >= 4 is 22.7 Å². The fraction of sp³-hybridized carbons (Fsp3) is 0.130. The van der Waals surface area contributed by atoms with E-state index in [-0.39, 0.29) is 13.2 Å². The summed E-state index contributed by atoms with van der Waals surface area (Å²) in [5.74, 6) is -0.153. The third kappa shape index (κ3) is 3.70. The van der Waals surface area contributed by atoms with E-state index in [1.807, 2.05) is 18.2 Å². The molecule has 8 nitrogen and oxygen atoms in total. The summed E-state index contributed by atoms with van der Waals surface area (Å²) in [6.07, 6.45) is 5.52. The van der Waals surface area contributed by atoms with Crippen LogP contribution < -0.4 is 9.64 Å². The Balaban J connectivity index is 1.28. The maximum absolute atomic E-state index is 14.9. The molecule has 4 aromatic rings. The normalized spacial score (nSPS) is 15.6. The van der Waals surface area contributed by atoms with Gasteiger partial charge in [-0.25, -0.2) is 14.2 Å². The molecule has 0 aliphatic carbocycles. The summed E-state index contributed by atoms with van der Waals surface area (Å²) in [5, 5.41) is 9.71. The second kappa shape index (κ2) is 8.00. The number of nitrogens with zero attached hydrogens (tertiary/aromatic N) is 5. The van der Waals surface area contributed by atoms with Crippen molar-refractivity contribution in [2.24, 2.45) is 0 Å². The van der Waals surface area contributed by atoms with Crippen LogP contribution in [0.3, 0.4) is 0 Å². The fourth-order valence-corrected chi connectivity index (χ4v) is 3.51. The zero-order valence-electron chi connectivity index (χ0n) is 16.7. The van der Waals surface area contributed by atoms with Crippen molar-refractivity contribution in [2.75, 3.05) is 18.1 Å². The third-order valence-corrected chi connectivity index (χ3v) is 5.09. The van der Waals surface area contributed by atoms with Crippen LogP contribution >= 0.6 is 0 Å². The first-order valence-corrected chi connectivity index (χ1v) is 9.80. The van der Waals surface area contributed by atoms with Crippen LogP contribution in [0.4, 0.5) is 14.9 Å². The predicted octanol–water partition coefficient (Wildman–Crippen LogP) is 3.84. The molecule has 0 N–H and O–H groups in total. The molecule has 1 aromatic carbocycles. The van der Waals surface area contributed by atoms with Crippen molar-refractivity contribution < 1.29 is 18.7 Å². The molecule has 1 saturated heterocycles. The predicted molar refractivity (Wildman–Crippen MR) is 113 cm³/mol. The number of aromatic nitrogens is 3.